The fourth-order valence-corrected chi connectivity index (χ4v) is 3.53. The second-order valence-corrected chi connectivity index (χ2v) is 6.89. The number of thiocarbonyl (C=S) groups is 1. The monoisotopic (exact) mass is 379 g/mol. The minimum Gasteiger partial charge on any atom is -0.206 e. The molecule has 0 radical (unpaired) electrons. The molecule has 136 valence electrons. The van der Waals surface area contributed by atoms with Crippen molar-refractivity contribution in [1.82, 2.24) is 0 Å². The predicted octanol–water partition coefficient (Wildman–Crippen LogP) is 6.56. The molecule has 3 rings (SSSR count). The Hall–Kier alpha value is -2.60. The molecule has 0 amide bonds. The molecule has 0 atom stereocenters. The quantitative estimate of drug-likeness (QED) is 0.255. The maximum absolute atomic E-state index is 14.0. The second kappa shape index (κ2) is 8.86. The van der Waals surface area contributed by atoms with Crippen LogP contribution in [0, 0.1) is 29.4 Å². The van der Waals surface area contributed by atoms with Crippen LogP contribution in [-0.4, -0.2) is 5.16 Å². The average Bonchev–Trinajstić information content (AvgIpc) is 2.70. The Morgan fingerprint density at radius 2 is 1.70 bits per heavy atom. The van der Waals surface area contributed by atoms with Crippen molar-refractivity contribution in [2.75, 3.05) is 0 Å². The van der Waals surface area contributed by atoms with Crippen LogP contribution in [0.2, 0.25) is 0 Å². The maximum atomic E-state index is 14.0. The second-order valence-electron chi connectivity index (χ2n) is 6.71. The van der Waals surface area contributed by atoms with Crippen molar-refractivity contribution < 1.29 is 8.78 Å². The lowest BCUT2D eigenvalue weighted by Gasteiger charge is -2.26. The Kier molecular flexibility index (Phi) is 6.29. The summed E-state index contributed by atoms with van der Waals surface area (Å²) in [6.07, 6.45) is 6.77. The van der Waals surface area contributed by atoms with Gasteiger partial charge in [0, 0.05) is 11.6 Å². The summed E-state index contributed by atoms with van der Waals surface area (Å²) < 4.78 is 27.9. The van der Waals surface area contributed by atoms with E-state index < -0.39 is 11.6 Å². The highest BCUT2D eigenvalue weighted by atomic mass is 32.1. The number of aliphatic imine (C=N–C) groups is 1. The molecule has 0 spiro atoms. The maximum Gasteiger partial charge on any atom is 0.151 e. The summed E-state index contributed by atoms with van der Waals surface area (Å²) in [5, 5.41) is 2.03. The van der Waals surface area contributed by atoms with Crippen molar-refractivity contribution in [1.29, 1.82) is 0 Å². The number of hydrogen-bond acceptors (Lipinski definition) is 2. The van der Waals surface area contributed by atoms with E-state index in [-0.39, 0.29) is 11.3 Å². The Bertz CT molecular complexity index is 939. The summed E-state index contributed by atoms with van der Waals surface area (Å²) in [5.41, 5.74) is 1.88. The van der Waals surface area contributed by atoms with E-state index in [1.54, 1.807) is 0 Å². The molecule has 27 heavy (non-hydrogen) atoms. The number of isothiocyanates is 1. The van der Waals surface area contributed by atoms with Gasteiger partial charge in [0.25, 0.3) is 0 Å². The van der Waals surface area contributed by atoms with E-state index in [0.29, 0.717) is 11.8 Å². The molecular weight excluding hydrogens is 360 g/mol. The molecule has 2 aromatic rings. The zero-order valence-corrected chi connectivity index (χ0v) is 15.7. The van der Waals surface area contributed by atoms with Gasteiger partial charge in [-0.2, -0.15) is 4.99 Å². The van der Waals surface area contributed by atoms with Crippen LogP contribution in [0.25, 0.3) is 0 Å². The van der Waals surface area contributed by atoms with Crippen LogP contribution in [0.3, 0.4) is 0 Å². The van der Waals surface area contributed by atoms with Crippen molar-refractivity contribution in [3.63, 3.8) is 0 Å². The molecule has 0 heterocycles. The molecule has 0 aromatic heterocycles. The highest BCUT2D eigenvalue weighted by molar-refractivity contribution is 7.78. The van der Waals surface area contributed by atoms with Crippen LogP contribution >= 0.6 is 12.2 Å². The third kappa shape index (κ3) is 4.77. The van der Waals surface area contributed by atoms with Crippen LogP contribution < -0.4 is 0 Å². The van der Waals surface area contributed by atoms with Gasteiger partial charge >= 0.3 is 0 Å². The zero-order chi connectivity index (χ0) is 19.2. The molecule has 2 aromatic carbocycles. The van der Waals surface area contributed by atoms with E-state index in [1.807, 2.05) is 17.3 Å². The fraction of sp³-hybridized carbons (Fsp3) is 0.261. The predicted molar refractivity (Wildman–Crippen MR) is 108 cm³/mol. The SMILES string of the molecule is C=CC1CCC(c2ccc(C#Cc3cc(F)c(N=C=S)cc3F)cc2)CC1. The lowest BCUT2D eigenvalue weighted by molar-refractivity contribution is 0.376. The number of halogens is 2. The summed E-state index contributed by atoms with van der Waals surface area (Å²) in [7, 11) is 0. The molecular formula is C23H19F2NS. The number of hydrogen-bond donors (Lipinski definition) is 0. The minimum absolute atomic E-state index is 0.0114. The van der Waals surface area contributed by atoms with Crippen LogP contribution in [0.4, 0.5) is 14.5 Å². The first-order valence-corrected chi connectivity index (χ1v) is 9.33. The Morgan fingerprint density at radius 3 is 2.33 bits per heavy atom. The summed E-state index contributed by atoms with van der Waals surface area (Å²) in [5.74, 6) is 5.48. The smallest absolute Gasteiger partial charge is 0.151 e. The van der Waals surface area contributed by atoms with Gasteiger partial charge in [0.15, 0.2) is 5.82 Å². The van der Waals surface area contributed by atoms with E-state index in [4.69, 9.17) is 0 Å². The topological polar surface area (TPSA) is 12.4 Å². The van der Waals surface area contributed by atoms with Gasteiger partial charge in [0.1, 0.15) is 11.5 Å². The summed E-state index contributed by atoms with van der Waals surface area (Å²) in [6.45, 7) is 3.89. The number of nitrogens with zero attached hydrogens (tertiary/aromatic N) is 1. The lowest BCUT2D eigenvalue weighted by Crippen LogP contribution is -2.11. The molecule has 0 N–H and O–H groups in total. The molecule has 1 saturated carbocycles. The first-order chi connectivity index (χ1) is 13.1. The molecule has 0 saturated heterocycles. The number of benzene rings is 2. The zero-order valence-electron chi connectivity index (χ0n) is 14.8. The standard InChI is InChI=1S/C23H19F2NS/c1-2-16-3-8-18(9-4-16)19-10-5-17(6-11-19)7-12-20-13-22(25)23(26-15-27)14-21(20)24/h2,5-6,10-11,13-14,16,18H,1,3-4,8-9H2. The molecule has 1 aliphatic carbocycles. The van der Waals surface area contributed by atoms with E-state index in [1.165, 1.54) is 31.2 Å². The van der Waals surface area contributed by atoms with E-state index in [2.05, 4.69) is 53.8 Å². The first kappa shape index (κ1) is 19.2. The van der Waals surface area contributed by atoms with Gasteiger partial charge in [-0.15, -0.1) is 6.58 Å². The Labute approximate surface area is 163 Å². The summed E-state index contributed by atoms with van der Waals surface area (Å²) >= 11 is 4.42. The molecule has 1 fully saturated rings. The first-order valence-electron chi connectivity index (χ1n) is 8.92. The minimum atomic E-state index is -0.677. The van der Waals surface area contributed by atoms with Crippen molar-refractivity contribution in [3.05, 3.63) is 77.4 Å². The molecule has 0 unspecified atom stereocenters. The van der Waals surface area contributed by atoms with Gasteiger partial charge in [-0.05, 0) is 73.5 Å². The molecule has 0 bridgehead atoms. The average molecular weight is 379 g/mol. The van der Waals surface area contributed by atoms with Gasteiger partial charge < -0.3 is 0 Å². The van der Waals surface area contributed by atoms with Crippen molar-refractivity contribution in [2.24, 2.45) is 10.9 Å². The Balaban J connectivity index is 1.74. The molecule has 1 nitrogen and oxygen atoms in total. The van der Waals surface area contributed by atoms with Gasteiger partial charge in [-0.3, -0.25) is 0 Å². The van der Waals surface area contributed by atoms with Crippen molar-refractivity contribution in [3.8, 4) is 11.8 Å². The fourth-order valence-electron chi connectivity index (χ4n) is 3.43. The van der Waals surface area contributed by atoms with Crippen LogP contribution in [0.15, 0.2) is 54.0 Å². The molecule has 1 aliphatic rings. The third-order valence-electron chi connectivity index (χ3n) is 5.03. The normalized spacial score (nSPS) is 18.7. The van der Waals surface area contributed by atoms with Crippen LogP contribution in [0.5, 0.6) is 0 Å². The lowest BCUT2D eigenvalue weighted by atomic mass is 9.79. The van der Waals surface area contributed by atoms with Gasteiger partial charge in [-0.25, -0.2) is 8.78 Å². The Morgan fingerprint density at radius 1 is 1.00 bits per heavy atom. The number of rotatable bonds is 3. The van der Waals surface area contributed by atoms with Gasteiger partial charge in [0.2, 0.25) is 0 Å². The molecule has 4 heteroatoms. The van der Waals surface area contributed by atoms with Crippen LogP contribution in [-0.2, 0) is 0 Å². The van der Waals surface area contributed by atoms with E-state index in [0.717, 1.165) is 17.7 Å². The van der Waals surface area contributed by atoms with E-state index in [9.17, 15) is 8.78 Å². The van der Waals surface area contributed by atoms with Crippen LogP contribution in [0.1, 0.15) is 48.3 Å². The third-order valence-corrected chi connectivity index (χ3v) is 5.12. The van der Waals surface area contributed by atoms with E-state index >= 15 is 0 Å². The van der Waals surface area contributed by atoms with Gasteiger partial charge in [-0.1, -0.05) is 30.0 Å². The van der Waals surface area contributed by atoms with Crippen molar-refractivity contribution in [2.45, 2.75) is 31.6 Å². The van der Waals surface area contributed by atoms with Crippen molar-refractivity contribution >= 4 is 23.1 Å². The molecule has 0 aliphatic heterocycles. The highest BCUT2D eigenvalue weighted by Crippen LogP contribution is 2.36. The summed E-state index contributed by atoms with van der Waals surface area (Å²) in [4.78, 5) is 3.49. The summed E-state index contributed by atoms with van der Waals surface area (Å²) in [6, 6.07) is 10.0. The highest BCUT2D eigenvalue weighted by Gasteiger charge is 2.20. The van der Waals surface area contributed by atoms with Gasteiger partial charge in [0.05, 0.1) is 10.7 Å². The largest absolute Gasteiger partial charge is 0.206 e. The number of allylic oxidation sites excluding steroid dienone is 1.